The molecule has 0 fully saturated rings. The Kier molecular flexibility index (Phi) is 4.70. The molecule has 1 rings (SSSR count). The van der Waals surface area contributed by atoms with E-state index in [9.17, 15) is 9.59 Å². The van der Waals surface area contributed by atoms with Gasteiger partial charge in [-0.05, 0) is 31.9 Å². The van der Waals surface area contributed by atoms with Gasteiger partial charge in [0.2, 0.25) is 0 Å². The number of hydrogen-bond acceptors (Lipinski definition) is 3. The van der Waals surface area contributed by atoms with Gasteiger partial charge in [-0.25, -0.2) is 4.79 Å². The van der Waals surface area contributed by atoms with Crippen molar-refractivity contribution in [3.8, 4) is 0 Å². The number of carbonyl (C=O) groups is 2. The molecule has 0 aliphatic carbocycles. The Morgan fingerprint density at radius 2 is 2.06 bits per heavy atom. The van der Waals surface area contributed by atoms with Crippen LogP contribution >= 0.6 is 11.6 Å². The molecule has 0 bridgehead atoms. The first-order chi connectivity index (χ1) is 7.99. The zero-order chi connectivity index (χ0) is 13.0. The van der Waals surface area contributed by atoms with E-state index in [0.29, 0.717) is 17.7 Å². The molecule has 92 valence electrons. The van der Waals surface area contributed by atoms with E-state index in [1.54, 1.807) is 32.0 Å². The van der Waals surface area contributed by atoms with Gasteiger partial charge in [-0.15, -0.1) is 11.6 Å². The molecule has 1 atom stereocenters. The van der Waals surface area contributed by atoms with Gasteiger partial charge in [-0.3, -0.25) is 4.79 Å². The van der Waals surface area contributed by atoms with Crippen molar-refractivity contribution in [1.82, 2.24) is 0 Å². The van der Waals surface area contributed by atoms with Crippen molar-refractivity contribution < 1.29 is 14.3 Å². The Bertz CT molecular complexity index is 440. The van der Waals surface area contributed by atoms with Crippen LogP contribution in [0.3, 0.4) is 0 Å². The fraction of sp³-hybridized carbons (Fsp3) is 0.385. The molecule has 1 aromatic carbocycles. The third-order valence-electron chi connectivity index (χ3n) is 2.41. The normalized spacial score (nSPS) is 12.0. The molecule has 0 radical (unpaired) electrons. The van der Waals surface area contributed by atoms with Gasteiger partial charge < -0.3 is 4.74 Å². The number of alkyl halides is 1. The number of ketones is 1. The van der Waals surface area contributed by atoms with E-state index in [0.717, 1.165) is 5.56 Å². The highest BCUT2D eigenvalue weighted by Gasteiger charge is 2.22. The summed E-state index contributed by atoms with van der Waals surface area (Å²) in [7, 11) is 0. The van der Waals surface area contributed by atoms with Gasteiger partial charge in [-0.1, -0.05) is 18.2 Å². The maximum absolute atomic E-state index is 11.8. The van der Waals surface area contributed by atoms with E-state index in [-0.39, 0.29) is 5.78 Å². The average Bonchev–Trinajstić information content (AvgIpc) is 2.27. The Morgan fingerprint density at radius 1 is 1.41 bits per heavy atom. The number of aryl methyl sites for hydroxylation is 1. The predicted octanol–water partition coefficient (Wildman–Crippen LogP) is 3.04. The lowest BCUT2D eigenvalue weighted by atomic mass is 9.98. The van der Waals surface area contributed by atoms with Crippen molar-refractivity contribution >= 4 is 23.4 Å². The van der Waals surface area contributed by atoms with Crippen LogP contribution in [0.4, 0.5) is 0 Å². The standard InChI is InChI=1S/C13H15ClO3/c1-4-17-13(16)11-8(2)6-5-7-10(11)12(14)9(3)15/h5-7,12H,4H2,1-3H3. The van der Waals surface area contributed by atoms with E-state index in [1.807, 2.05) is 0 Å². The first kappa shape index (κ1) is 13.7. The number of ether oxygens (including phenoxy) is 1. The number of carbonyl (C=O) groups excluding carboxylic acids is 2. The largest absolute Gasteiger partial charge is 0.462 e. The molecule has 3 nitrogen and oxygen atoms in total. The molecular formula is C13H15ClO3. The molecule has 17 heavy (non-hydrogen) atoms. The minimum Gasteiger partial charge on any atom is -0.462 e. The minimum absolute atomic E-state index is 0.192. The average molecular weight is 255 g/mol. The van der Waals surface area contributed by atoms with E-state index < -0.39 is 11.3 Å². The first-order valence-corrected chi connectivity index (χ1v) is 5.83. The Hall–Kier alpha value is -1.35. The molecule has 0 aliphatic rings. The van der Waals surface area contributed by atoms with E-state index in [2.05, 4.69) is 0 Å². The third-order valence-corrected chi connectivity index (χ3v) is 2.96. The quantitative estimate of drug-likeness (QED) is 0.613. The van der Waals surface area contributed by atoms with Crippen LogP contribution in [0, 0.1) is 6.92 Å². The van der Waals surface area contributed by atoms with Crippen LogP contribution in [-0.2, 0) is 9.53 Å². The molecule has 0 amide bonds. The lowest BCUT2D eigenvalue weighted by molar-refractivity contribution is -0.116. The molecule has 1 unspecified atom stereocenters. The van der Waals surface area contributed by atoms with E-state index in [1.165, 1.54) is 6.92 Å². The summed E-state index contributed by atoms with van der Waals surface area (Å²) in [6, 6.07) is 5.24. The minimum atomic E-state index is -0.811. The maximum atomic E-state index is 11.8. The summed E-state index contributed by atoms with van der Waals surface area (Å²) in [5.74, 6) is -0.629. The van der Waals surface area contributed by atoms with Crippen LogP contribution in [0.5, 0.6) is 0 Å². The van der Waals surface area contributed by atoms with Crippen molar-refractivity contribution in [2.75, 3.05) is 6.61 Å². The van der Waals surface area contributed by atoms with E-state index >= 15 is 0 Å². The molecular weight excluding hydrogens is 240 g/mol. The number of hydrogen-bond donors (Lipinski definition) is 0. The zero-order valence-electron chi connectivity index (χ0n) is 10.1. The Balaban J connectivity index is 3.26. The second-order valence-electron chi connectivity index (χ2n) is 3.73. The highest BCUT2D eigenvalue weighted by molar-refractivity contribution is 6.31. The van der Waals surface area contributed by atoms with Crippen molar-refractivity contribution in [3.63, 3.8) is 0 Å². The van der Waals surface area contributed by atoms with Crippen LogP contribution in [0.15, 0.2) is 18.2 Å². The molecule has 0 N–H and O–H groups in total. The third kappa shape index (κ3) is 3.07. The van der Waals surface area contributed by atoms with Crippen LogP contribution in [-0.4, -0.2) is 18.4 Å². The Labute approximate surface area is 106 Å². The SMILES string of the molecule is CCOC(=O)c1c(C)cccc1C(Cl)C(C)=O. The van der Waals surface area contributed by atoms with Gasteiger partial charge >= 0.3 is 5.97 Å². The van der Waals surface area contributed by atoms with Crippen LogP contribution < -0.4 is 0 Å². The lowest BCUT2D eigenvalue weighted by Gasteiger charge is -2.13. The van der Waals surface area contributed by atoms with Gasteiger partial charge in [0.1, 0.15) is 5.38 Å². The molecule has 1 aromatic rings. The molecule has 0 aliphatic heterocycles. The smallest absolute Gasteiger partial charge is 0.338 e. The maximum Gasteiger partial charge on any atom is 0.338 e. The lowest BCUT2D eigenvalue weighted by Crippen LogP contribution is -2.13. The van der Waals surface area contributed by atoms with Gasteiger partial charge in [0.05, 0.1) is 12.2 Å². The number of benzene rings is 1. The summed E-state index contributed by atoms with van der Waals surface area (Å²) < 4.78 is 4.97. The van der Waals surface area contributed by atoms with Crippen molar-refractivity contribution in [2.24, 2.45) is 0 Å². The fourth-order valence-corrected chi connectivity index (χ4v) is 1.78. The Morgan fingerprint density at radius 3 is 2.59 bits per heavy atom. The summed E-state index contributed by atoms with van der Waals surface area (Å²) in [5, 5.41) is -0.811. The van der Waals surface area contributed by atoms with Gasteiger partial charge in [-0.2, -0.15) is 0 Å². The number of rotatable bonds is 4. The molecule has 0 aromatic heterocycles. The van der Waals surface area contributed by atoms with Crippen molar-refractivity contribution in [1.29, 1.82) is 0 Å². The second-order valence-corrected chi connectivity index (χ2v) is 4.17. The van der Waals surface area contributed by atoms with Crippen molar-refractivity contribution in [2.45, 2.75) is 26.1 Å². The van der Waals surface area contributed by atoms with Gasteiger partial charge in [0, 0.05) is 0 Å². The molecule has 0 saturated heterocycles. The summed E-state index contributed by atoms with van der Waals surface area (Å²) in [4.78, 5) is 23.1. The van der Waals surface area contributed by atoms with Gasteiger partial charge in [0.15, 0.2) is 5.78 Å². The topological polar surface area (TPSA) is 43.4 Å². The van der Waals surface area contributed by atoms with Crippen LogP contribution in [0.25, 0.3) is 0 Å². The number of Topliss-reactive ketones (excluding diaryl/α,β-unsaturated/α-hetero) is 1. The van der Waals surface area contributed by atoms with Crippen LogP contribution in [0.2, 0.25) is 0 Å². The highest BCUT2D eigenvalue weighted by Crippen LogP contribution is 2.27. The predicted molar refractivity (Wildman–Crippen MR) is 66.4 cm³/mol. The monoisotopic (exact) mass is 254 g/mol. The second kappa shape index (κ2) is 5.82. The van der Waals surface area contributed by atoms with E-state index in [4.69, 9.17) is 16.3 Å². The summed E-state index contributed by atoms with van der Waals surface area (Å²) in [6.07, 6.45) is 0. The summed E-state index contributed by atoms with van der Waals surface area (Å²) in [5.41, 5.74) is 1.66. The van der Waals surface area contributed by atoms with Gasteiger partial charge in [0.25, 0.3) is 0 Å². The molecule has 0 spiro atoms. The summed E-state index contributed by atoms with van der Waals surface area (Å²) >= 11 is 6.01. The van der Waals surface area contributed by atoms with Crippen molar-refractivity contribution in [3.05, 3.63) is 34.9 Å². The summed E-state index contributed by atoms with van der Waals surface area (Å²) in [6.45, 7) is 5.22. The first-order valence-electron chi connectivity index (χ1n) is 5.40. The highest BCUT2D eigenvalue weighted by atomic mass is 35.5. The molecule has 0 heterocycles. The van der Waals surface area contributed by atoms with Crippen LogP contribution in [0.1, 0.15) is 40.7 Å². The number of halogens is 1. The fourth-order valence-electron chi connectivity index (χ4n) is 1.60. The number of esters is 1. The molecule has 4 heteroatoms. The molecule has 0 saturated carbocycles. The zero-order valence-corrected chi connectivity index (χ0v) is 10.9.